The van der Waals surface area contributed by atoms with Crippen molar-refractivity contribution in [3.05, 3.63) is 35.9 Å². The Morgan fingerprint density at radius 3 is 2.82 bits per heavy atom. The molecule has 1 aliphatic rings. The molecule has 0 unspecified atom stereocenters. The Hall–Kier alpha value is -1.39. The molecule has 1 saturated heterocycles. The molecule has 1 heterocycles. The van der Waals surface area contributed by atoms with E-state index < -0.39 is 0 Å². The van der Waals surface area contributed by atoms with Crippen molar-refractivity contribution in [2.45, 2.75) is 19.1 Å². The van der Waals surface area contributed by atoms with Gasteiger partial charge >= 0.3 is 5.97 Å². The van der Waals surface area contributed by atoms with Gasteiger partial charge in [0.1, 0.15) is 6.61 Å². The zero-order valence-corrected chi connectivity index (χ0v) is 9.63. The molecule has 1 aromatic carbocycles. The first kappa shape index (κ1) is 12.1. The minimum atomic E-state index is -0.246. The van der Waals surface area contributed by atoms with Crippen molar-refractivity contribution in [3.63, 3.8) is 0 Å². The average molecular weight is 236 g/mol. The molecular weight excluding hydrogens is 220 g/mol. The SMILES string of the molecule is O=C(C[C@@H]1COCCO1)OCc1ccccc1. The second kappa shape index (κ2) is 6.37. The lowest BCUT2D eigenvalue weighted by molar-refractivity contribution is -0.153. The fraction of sp³-hybridized carbons (Fsp3) is 0.462. The summed E-state index contributed by atoms with van der Waals surface area (Å²) in [5.74, 6) is -0.246. The van der Waals surface area contributed by atoms with Gasteiger partial charge < -0.3 is 14.2 Å². The van der Waals surface area contributed by atoms with Gasteiger partial charge in [-0.2, -0.15) is 0 Å². The van der Waals surface area contributed by atoms with E-state index in [1.165, 1.54) is 0 Å². The van der Waals surface area contributed by atoms with Crippen LogP contribution in [-0.4, -0.2) is 31.9 Å². The summed E-state index contributed by atoms with van der Waals surface area (Å²) in [5.41, 5.74) is 0.988. The molecule has 0 amide bonds. The van der Waals surface area contributed by atoms with E-state index in [9.17, 15) is 4.79 Å². The minimum absolute atomic E-state index is 0.160. The molecule has 0 spiro atoms. The predicted molar refractivity (Wildman–Crippen MR) is 61.4 cm³/mol. The number of ether oxygens (including phenoxy) is 3. The molecule has 1 aliphatic heterocycles. The monoisotopic (exact) mass is 236 g/mol. The second-order valence-electron chi connectivity index (χ2n) is 3.92. The largest absolute Gasteiger partial charge is 0.461 e. The van der Waals surface area contributed by atoms with Gasteiger partial charge in [-0.25, -0.2) is 0 Å². The van der Waals surface area contributed by atoms with Crippen molar-refractivity contribution in [2.24, 2.45) is 0 Å². The molecule has 1 atom stereocenters. The molecule has 92 valence electrons. The summed E-state index contributed by atoms with van der Waals surface area (Å²) in [6.45, 7) is 1.94. The summed E-state index contributed by atoms with van der Waals surface area (Å²) >= 11 is 0. The lowest BCUT2D eigenvalue weighted by atomic mass is 10.2. The van der Waals surface area contributed by atoms with Gasteiger partial charge in [0.2, 0.25) is 0 Å². The Morgan fingerprint density at radius 2 is 2.12 bits per heavy atom. The molecule has 0 aliphatic carbocycles. The van der Waals surface area contributed by atoms with Crippen LogP contribution in [0, 0.1) is 0 Å². The van der Waals surface area contributed by atoms with Crippen LogP contribution >= 0.6 is 0 Å². The highest BCUT2D eigenvalue weighted by molar-refractivity contribution is 5.70. The minimum Gasteiger partial charge on any atom is -0.461 e. The number of benzene rings is 1. The topological polar surface area (TPSA) is 44.8 Å². The molecule has 1 aromatic rings. The molecule has 0 saturated carbocycles. The van der Waals surface area contributed by atoms with E-state index in [2.05, 4.69) is 0 Å². The molecular formula is C13H16O4. The number of carbonyl (C=O) groups is 1. The Bertz CT molecular complexity index is 344. The van der Waals surface area contributed by atoms with E-state index in [0.717, 1.165) is 5.56 Å². The van der Waals surface area contributed by atoms with Crippen LogP contribution < -0.4 is 0 Å². The summed E-state index contributed by atoms with van der Waals surface area (Å²) in [7, 11) is 0. The van der Waals surface area contributed by atoms with Crippen LogP contribution in [0.1, 0.15) is 12.0 Å². The van der Waals surface area contributed by atoms with Crippen molar-refractivity contribution in [2.75, 3.05) is 19.8 Å². The maximum absolute atomic E-state index is 11.5. The second-order valence-corrected chi connectivity index (χ2v) is 3.92. The van der Waals surface area contributed by atoms with Crippen LogP contribution in [0.5, 0.6) is 0 Å². The quantitative estimate of drug-likeness (QED) is 0.744. The molecule has 4 heteroatoms. The third-order valence-electron chi connectivity index (χ3n) is 2.52. The van der Waals surface area contributed by atoms with Gasteiger partial charge in [0.15, 0.2) is 0 Å². The Balaban J connectivity index is 1.70. The average Bonchev–Trinajstić information content (AvgIpc) is 2.39. The summed E-state index contributed by atoms with van der Waals surface area (Å²) in [5, 5.41) is 0. The van der Waals surface area contributed by atoms with Crippen molar-refractivity contribution in [3.8, 4) is 0 Å². The third kappa shape index (κ3) is 4.17. The van der Waals surface area contributed by atoms with Crippen molar-refractivity contribution in [1.82, 2.24) is 0 Å². The molecule has 17 heavy (non-hydrogen) atoms. The lowest BCUT2D eigenvalue weighted by Gasteiger charge is -2.21. The van der Waals surface area contributed by atoms with E-state index in [0.29, 0.717) is 26.4 Å². The van der Waals surface area contributed by atoms with Crippen LogP contribution in [0.4, 0.5) is 0 Å². The van der Waals surface area contributed by atoms with Gasteiger partial charge in [0, 0.05) is 0 Å². The van der Waals surface area contributed by atoms with Gasteiger partial charge in [0.25, 0.3) is 0 Å². The Morgan fingerprint density at radius 1 is 1.29 bits per heavy atom. The zero-order chi connectivity index (χ0) is 11.9. The highest BCUT2D eigenvalue weighted by Gasteiger charge is 2.18. The van der Waals surface area contributed by atoms with E-state index in [-0.39, 0.29) is 18.5 Å². The first-order valence-electron chi connectivity index (χ1n) is 5.73. The molecule has 2 rings (SSSR count). The molecule has 4 nitrogen and oxygen atoms in total. The number of hydrogen-bond donors (Lipinski definition) is 0. The van der Waals surface area contributed by atoms with Crippen molar-refractivity contribution >= 4 is 5.97 Å². The number of esters is 1. The fourth-order valence-corrected chi connectivity index (χ4v) is 1.64. The molecule has 1 fully saturated rings. The highest BCUT2D eigenvalue weighted by Crippen LogP contribution is 2.08. The normalized spacial score (nSPS) is 19.9. The maximum Gasteiger partial charge on any atom is 0.308 e. The molecule has 0 radical (unpaired) electrons. The highest BCUT2D eigenvalue weighted by atomic mass is 16.6. The number of hydrogen-bond acceptors (Lipinski definition) is 4. The molecule has 0 bridgehead atoms. The zero-order valence-electron chi connectivity index (χ0n) is 9.63. The summed E-state index contributed by atoms with van der Waals surface area (Å²) in [6, 6.07) is 9.61. The van der Waals surface area contributed by atoms with Gasteiger partial charge in [-0.1, -0.05) is 30.3 Å². The summed E-state index contributed by atoms with van der Waals surface area (Å²) < 4.78 is 15.7. The predicted octanol–water partition coefficient (Wildman–Crippen LogP) is 1.54. The van der Waals surface area contributed by atoms with Crippen LogP contribution in [-0.2, 0) is 25.6 Å². The summed E-state index contributed by atoms with van der Waals surface area (Å²) in [6.07, 6.45) is 0.0966. The van der Waals surface area contributed by atoms with Gasteiger partial charge in [-0.3, -0.25) is 4.79 Å². The van der Waals surface area contributed by atoms with Crippen LogP contribution in [0.25, 0.3) is 0 Å². The lowest BCUT2D eigenvalue weighted by Crippen LogP contribution is -2.31. The van der Waals surface area contributed by atoms with Gasteiger partial charge in [-0.15, -0.1) is 0 Å². The van der Waals surface area contributed by atoms with Crippen molar-refractivity contribution < 1.29 is 19.0 Å². The smallest absolute Gasteiger partial charge is 0.308 e. The van der Waals surface area contributed by atoms with E-state index in [4.69, 9.17) is 14.2 Å². The van der Waals surface area contributed by atoms with Crippen LogP contribution in [0.3, 0.4) is 0 Å². The maximum atomic E-state index is 11.5. The van der Waals surface area contributed by atoms with Crippen LogP contribution in [0.15, 0.2) is 30.3 Å². The first-order chi connectivity index (χ1) is 8.34. The standard InChI is InChI=1S/C13H16O4/c14-13(8-12-10-15-6-7-16-12)17-9-11-4-2-1-3-5-11/h1-5,12H,6-10H2/t12-/m1/s1. The fourth-order valence-electron chi connectivity index (χ4n) is 1.64. The molecule has 0 N–H and O–H groups in total. The van der Waals surface area contributed by atoms with Crippen molar-refractivity contribution in [1.29, 1.82) is 0 Å². The Labute approximate surface area is 100 Å². The summed E-state index contributed by atoms with van der Waals surface area (Å²) in [4.78, 5) is 11.5. The molecule has 0 aromatic heterocycles. The number of carbonyl (C=O) groups excluding carboxylic acids is 1. The first-order valence-corrected chi connectivity index (χ1v) is 5.73. The van der Waals surface area contributed by atoms with Gasteiger partial charge in [0.05, 0.1) is 32.3 Å². The van der Waals surface area contributed by atoms with E-state index in [1.807, 2.05) is 30.3 Å². The third-order valence-corrected chi connectivity index (χ3v) is 2.52. The Kier molecular flexibility index (Phi) is 4.53. The van der Waals surface area contributed by atoms with Gasteiger partial charge in [-0.05, 0) is 5.56 Å². The van der Waals surface area contributed by atoms with Crippen LogP contribution in [0.2, 0.25) is 0 Å². The number of rotatable bonds is 4. The van der Waals surface area contributed by atoms with E-state index >= 15 is 0 Å². The van der Waals surface area contributed by atoms with E-state index in [1.54, 1.807) is 0 Å².